The van der Waals surface area contributed by atoms with Crippen LogP contribution in [0.3, 0.4) is 0 Å². The van der Waals surface area contributed by atoms with Crippen molar-refractivity contribution in [3.8, 4) is 6.07 Å². The standard InChI is InChI=1S/C14H15ClN4O/c1-2-9-7-19(11-5-6-17-13(15)18-11)12(20)14(9,8-16)10-3-4-10/h5-6,9-10H,2-4,7H2,1H3/t9-,14-/m1/s1. The molecule has 3 rings (SSSR count). The van der Waals surface area contributed by atoms with Gasteiger partial charge in [0.25, 0.3) is 0 Å². The van der Waals surface area contributed by atoms with Gasteiger partial charge in [-0.2, -0.15) is 5.26 Å². The fourth-order valence-electron chi connectivity index (χ4n) is 3.25. The second-order valence-corrected chi connectivity index (χ2v) is 5.80. The molecule has 2 fully saturated rings. The minimum atomic E-state index is -0.869. The van der Waals surface area contributed by atoms with Gasteiger partial charge in [0, 0.05) is 18.7 Å². The quantitative estimate of drug-likeness (QED) is 0.802. The van der Waals surface area contributed by atoms with Gasteiger partial charge in [-0.25, -0.2) is 9.97 Å². The topological polar surface area (TPSA) is 69.9 Å². The maximum atomic E-state index is 12.8. The van der Waals surface area contributed by atoms with E-state index in [1.165, 1.54) is 6.20 Å². The highest BCUT2D eigenvalue weighted by Gasteiger charge is 2.61. The molecule has 2 aliphatic rings. The number of nitrogens with zero attached hydrogens (tertiary/aromatic N) is 4. The van der Waals surface area contributed by atoms with Gasteiger partial charge in [-0.05, 0) is 42.8 Å². The second-order valence-electron chi connectivity index (χ2n) is 5.46. The van der Waals surface area contributed by atoms with Crippen molar-refractivity contribution in [3.63, 3.8) is 0 Å². The van der Waals surface area contributed by atoms with Crippen LogP contribution in [0.4, 0.5) is 5.82 Å². The summed E-state index contributed by atoms with van der Waals surface area (Å²) in [6.45, 7) is 2.57. The molecule has 2 heterocycles. The molecule has 1 aromatic rings. The van der Waals surface area contributed by atoms with E-state index < -0.39 is 5.41 Å². The Hall–Kier alpha value is -1.67. The number of hydrogen-bond donors (Lipinski definition) is 0. The highest BCUT2D eigenvalue weighted by Crippen LogP contribution is 2.55. The minimum absolute atomic E-state index is 0.0567. The van der Waals surface area contributed by atoms with Gasteiger partial charge in [0.15, 0.2) is 0 Å². The largest absolute Gasteiger partial charge is 0.295 e. The summed E-state index contributed by atoms with van der Waals surface area (Å²) < 4.78 is 0. The number of carbonyl (C=O) groups is 1. The zero-order chi connectivity index (χ0) is 14.3. The van der Waals surface area contributed by atoms with Crippen molar-refractivity contribution in [1.82, 2.24) is 9.97 Å². The highest BCUT2D eigenvalue weighted by molar-refractivity contribution is 6.28. The Morgan fingerprint density at radius 2 is 2.35 bits per heavy atom. The summed E-state index contributed by atoms with van der Waals surface area (Å²) in [5, 5.41) is 9.78. The van der Waals surface area contributed by atoms with E-state index in [-0.39, 0.29) is 23.0 Å². The molecular weight excluding hydrogens is 276 g/mol. The molecule has 0 aromatic carbocycles. The summed E-state index contributed by atoms with van der Waals surface area (Å²) in [5.74, 6) is 0.629. The van der Waals surface area contributed by atoms with E-state index in [0.717, 1.165) is 19.3 Å². The molecule has 104 valence electrons. The number of anilines is 1. The van der Waals surface area contributed by atoms with E-state index in [1.54, 1.807) is 11.0 Å². The van der Waals surface area contributed by atoms with E-state index >= 15 is 0 Å². The Balaban J connectivity index is 2.00. The Bertz CT molecular complexity index is 595. The van der Waals surface area contributed by atoms with Gasteiger partial charge in [0.1, 0.15) is 11.2 Å². The molecule has 0 spiro atoms. The molecule has 20 heavy (non-hydrogen) atoms. The summed E-state index contributed by atoms with van der Waals surface area (Å²) in [6, 6.07) is 4.00. The SMILES string of the molecule is CC[C@@H]1CN(c2ccnc(Cl)n2)C(=O)[C@@]1(C#N)C1CC1. The Morgan fingerprint density at radius 1 is 1.60 bits per heavy atom. The molecule has 1 aromatic heterocycles. The summed E-state index contributed by atoms with van der Waals surface area (Å²) >= 11 is 5.80. The van der Waals surface area contributed by atoms with Crippen molar-refractivity contribution in [2.75, 3.05) is 11.4 Å². The molecule has 1 amide bonds. The molecule has 2 atom stereocenters. The smallest absolute Gasteiger partial charge is 0.249 e. The number of nitriles is 1. The first-order valence-corrected chi connectivity index (χ1v) is 7.23. The maximum Gasteiger partial charge on any atom is 0.249 e. The Morgan fingerprint density at radius 3 is 2.90 bits per heavy atom. The summed E-state index contributed by atoms with van der Waals surface area (Å²) in [5.41, 5.74) is -0.869. The molecule has 1 aliphatic carbocycles. The number of hydrogen-bond acceptors (Lipinski definition) is 4. The minimum Gasteiger partial charge on any atom is -0.295 e. The highest BCUT2D eigenvalue weighted by atomic mass is 35.5. The summed E-state index contributed by atoms with van der Waals surface area (Å²) in [6.07, 6.45) is 4.27. The zero-order valence-corrected chi connectivity index (χ0v) is 12.0. The molecule has 0 radical (unpaired) electrons. The summed E-state index contributed by atoms with van der Waals surface area (Å²) in [7, 11) is 0. The van der Waals surface area contributed by atoms with Crippen LogP contribution in [0, 0.1) is 28.6 Å². The lowest BCUT2D eigenvalue weighted by molar-refractivity contribution is -0.125. The lowest BCUT2D eigenvalue weighted by atomic mass is 9.73. The van der Waals surface area contributed by atoms with Crippen LogP contribution >= 0.6 is 11.6 Å². The average Bonchev–Trinajstić information content (AvgIpc) is 3.24. The fraction of sp³-hybridized carbons (Fsp3) is 0.571. The number of rotatable bonds is 3. The average molecular weight is 291 g/mol. The van der Waals surface area contributed by atoms with Crippen LogP contribution in [0.25, 0.3) is 0 Å². The molecule has 6 heteroatoms. The van der Waals surface area contributed by atoms with Gasteiger partial charge in [-0.3, -0.25) is 9.69 Å². The Labute approximate surface area is 122 Å². The summed E-state index contributed by atoms with van der Waals surface area (Å²) in [4.78, 5) is 22.4. The number of carbonyl (C=O) groups excluding carboxylic acids is 1. The molecular formula is C14H15ClN4O. The van der Waals surface area contributed by atoms with Crippen LogP contribution < -0.4 is 4.90 Å². The monoisotopic (exact) mass is 290 g/mol. The van der Waals surface area contributed by atoms with E-state index in [2.05, 4.69) is 16.0 Å². The van der Waals surface area contributed by atoms with Crippen LogP contribution in [-0.2, 0) is 4.79 Å². The first-order valence-electron chi connectivity index (χ1n) is 6.85. The van der Waals surface area contributed by atoms with E-state index in [0.29, 0.717) is 12.4 Å². The lowest BCUT2D eigenvalue weighted by Gasteiger charge is -2.24. The molecule has 1 aliphatic heterocycles. The molecule has 0 bridgehead atoms. The van der Waals surface area contributed by atoms with Crippen LogP contribution in [-0.4, -0.2) is 22.4 Å². The van der Waals surface area contributed by atoms with Crippen LogP contribution in [0.5, 0.6) is 0 Å². The van der Waals surface area contributed by atoms with Gasteiger partial charge in [0.05, 0.1) is 6.07 Å². The zero-order valence-electron chi connectivity index (χ0n) is 11.2. The third-order valence-corrected chi connectivity index (χ3v) is 4.62. The van der Waals surface area contributed by atoms with Crippen molar-refractivity contribution in [1.29, 1.82) is 5.26 Å². The third-order valence-electron chi connectivity index (χ3n) is 4.43. The van der Waals surface area contributed by atoms with E-state index in [9.17, 15) is 10.1 Å². The van der Waals surface area contributed by atoms with Gasteiger partial charge < -0.3 is 0 Å². The van der Waals surface area contributed by atoms with Crippen molar-refractivity contribution in [2.24, 2.45) is 17.3 Å². The van der Waals surface area contributed by atoms with Gasteiger partial charge in [0.2, 0.25) is 11.2 Å². The molecule has 1 saturated carbocycles. The third kappa shape index (κ3) is 1.79. The van der Waals surface area contributed by atoms with Gasteiger partial charge >= 0.3 is 0 Å². The first kappa shape index (κ1) is 13.3. The maximum absolute atomic E-state index is 12.8. The lowest BCUT2D eigenvalue weighted by Crippen LogP contribution is -2.37. The molecule has 5 nitrogen and oxygen atoms in total. The Kier molecular flexibility index (Phi) is 3.14. The van der Waals surface area contributed by atoms with Crippen LogP contribution in [0.1, 0.15) is 26.2 Å². The van der Waals surface area contributed by atoms with E-state index in [4.69, 9.17) is 11.6 Å². The first-order chi connectivity index (χ1) is 9.63. The van der Waals surface area contributed by atoms with Gasteiger partial charge in [-0.1, -0.05) is 6.92 Å². The van der Waals surface area contributed by atoms with E-state index in [1.807, 2.05) is 6.92 Å². The van der Waals surface area contributed by atoms with Crippen LogP contribution in [0.15, 0.2) is 12.3 Å². The van der Waals surface area contributed by atoms with Gasteiger partial charge in [-0.15, -0.1) is 0 Å². The van der Waals surface area contributed by atoms with Crippen molar-refractivity contribution in [2.45, 2.75) is 26.2 Å². The van der Waals surface area contributed by atoms with Crippen molar-refractivity contribution >= 4 is 23.3 Å². The number of halogens is 1. The number of amides is 1. The molecule has 0 N–H and O–H groups in total. The molecule has 0 unspecified atom stereocenters. The normalized spacial score (nSPS) is 29.6. The predicted molar refractivity (Wildman–Crippen MR) is 73.9 cm³/mol. The number of aromatic nitrogens is 2. The van der Waals surface area contributed by atoms with Crippen molar-refractivity contribution in [3.05, 3.63) is 17.5 Å². The predicted octanol–water partition coefficient (Wildman–Crippen LogP) is 2.42. The van der Waals surface area contributed by atoms with Crippen molar-refractivity contribution < 1.29 is 4.79 Å². The van der Waals surface area contributed by atoms with Crippen LogP contribution in [0.2, 0.25) is 5.28 Å². The molecule has 1 saturated heterocycles. The fourth-order valence-corrected chi connectivity index (χ4v) is 3.39. The second kappa shape index (κ2) is 4.71.